The molecule has 0 fully saturated rings. The minimum Gasteiger partial charge on any atom is -0.492 e. The normalized spacial score (nSPS) is 11.5. The van der Waals surface area contributed by atoms with Crippen molar-refractivity contribution in [1.82, 2.24) is 4.72 Å². The van der Waals surface area contributed by atoms with E-state index in [0.717, 1.165) is 28.0 Å². The van der Waals surface area contributed by atoms with Gasteiger partial charge in [-0.3, -0.25) is 0 Å². The highest BCUT2D eigenvalue weighted by molar-refractivity contribution is 7.89. The maximum Gasteiger partial charge on any atom is 0.240 e. The first-order valence-corrected chi connectivity index (χ1v) is 9.05. The second-order valence-electron chi connectivity index (χ2n) is 5.78. The van der Waals surface area contributed by atoms with Crippen LogP contribution in [0.15, 0.2) is 41.3 Å². The van der Waals surface area contributed by atoms with Gasteiger partial charge in [0.05, 0.1) is 4.90 Å². The van der Waals surface area contributed by atoms with Crippen molar-refractivity contribution in [2.75, 3.05) is 13.2 Å². The van der Waals surface area contributed by atoms with Crippen molar-refractivity contribution in [3.05, 3.63) is 58.7 Å². The van der Waals surface area contributed by atoms with Crippen molar-refractivity contribution >= 4 is 10.0 Å². The number of rotatable bonds is 6. The molecule has 2 rings (SSSR count). The summed E-state index contributed by atoms with van der Waals surface area (Å²) in [5, 5.41) is 0. The lowest BCUT2D eigenvalue weighted by atomic mass is 10.1. The minimum absolute atomic E-state index is 0.225. The van der Waals surface area contributed by atoms with E-state index < -0.39 is 10.0 Å². The molecule has 23 heavy (non-hydrogen) atoms. The molecule has 0 saturated heterocycles. The maximum atomic E-state index is 12.4. The molecular formula is C18H23NO3S. The Bertz CT molecular complexity index is 798. The van der Waals surface area contributed by atoms with E-state index in [1.165, 1.54) is 0 Å². The second kappa shape index (κ2) is 7.15. The molecule has 0 spiro atoms. The number of benzene rings is 2. The predicted molar refractivity (Wildman–Crippen MR) is 92.5 cm³/mol. The molecule has 0 aliphatic heterocycles. The summed E-state index contributed by atoms with van der Waals surface area (Å²) in [6, 6.07) is 11.4. The number of hydrogen-bond acceptors (Lipinski definition) is 3. The smallest absolute Gasteiger partial charge is 0.240 e. The Morgan fingerprint density at radius 1 is 0.913 bits per heavy atom. The van der Waals surface area contributed by atoms with Crippen LogP contribution in [-0.4, -0.2) is 21.6 Å². The van der Waals surface area contributed by atoms with E-state index in [1.54, 1.807) is 13.0 Å². The number of aryl methyl sites for hydroxylation is 4. The molecule has 0 bridgehead atoms. The number of hydrogen-bond donors (Lipinski definition) is 1. The molecule has 1 N–H and O–H groups in total. The number of ether oxygens (including phenoxy) is 1. The topological polar surface area (TPSA) is 55.4 Å². The summed E-state index contributed by atoms with van der Waals surface area (Å²) in [6.45, 7) is 8.14. The molecule has 5 heteroatoms. The molecule has 124 valence electrons. The highest BCUT2D eigenvalue weighted by Crippen LogP contribution is 2.19. The van der Waals surface area contributed by atoms with Gasteiger partial charge in [0.1, 0.15) is 12.4 Å². The van der Waals surface area contributed by atoms with Gasteiger partial charge in [-0.05, 0) is 62.1 Å². The third-order valence-electron chi connectivity index (χ3n) is 3.63. The van der Waals surface area contributed by atoms with Crippen molar-refractivity contribution in [2.24, 2.45) is 0 Å². The summed E-state index contributed by atoms with van der Waals surface area (Å²) in [5.41, 5.74) is 3.80. The summed E-state index contributed by atoms with van der Waals surface area (Å²) in [6.07, 6.45) is 0. The standard InChI is InChI=1S/C18H23NO3S/c1-13-5-7-15(3)17(11-13)22-10-9-19-23(20,21)18-12-14(2)6-8-16(18)4/h5-8,11-12,19H,9-10H2,1-4H3. The molecule has 0 aromatic heterocycles. The summed E-state index contributed by atoms with van der Waals surface area (Å²) >= 11 is 0. The van der Waals surface area contributed by atoms with Gasteiger partial charge >= 0.3 is 0 Å². The summed E-state index contributed by atoms with van der Waals surface area (Å²) < 4.78 is 33.0. The molecule has 2 aromatic rings. The van der Waals surface area contributed by atoms with E-state index in [0.29, 0.717) is 4.90 Å². The molecule has 0 amide bonds. The van der Waals surface area contributed by atoms with E-state index in [9.17, 15) is 8.42 Å². The largest absolute Gasteiger partial charge is 0.492 e. The molecule has 4 nitrogen and oxygen atoms in total. The van der Waals surface area contributed by atoms with Gasteiger partial charge in [0.15, 0.2) is 0 Å². The van der Waals surface area contributed by atoms with Gasteiger partial charge in [0.25, 0.3) is 0 Å². The average molecular weight is 333 g/mol. The van der Waals surface area contributed by atoms with E-state index in [-0.39, 0.29) is 13.2 Å². The van der Waals surface area contributed by atoms with Crippen LogP contribution in [0.5, 0.6) is 5.75 Å². The van der Waals surface area contributed by atoms with Crippen molar-refractivity contribution < 1.29 is 13.2 Å². The SMILES string of the molecule is Cc1ccc(C)c(OCCNS(=O)(=O)c2cc(C)ccc2C)c1. The third-order valence-corrected chi connectivity index (χ3v) is 5.23. The lowest BCUT2D eigenvalue weighted by Gasteiger charge is -2.12. The Morgan fingerprint density at radius 2 is 1.52 bits per heavy atom. The molecule has 0 atom stereocenters. The van der Waals surface area contributed by atoms with Crippen LogP contribution in [0.4, 0.5) is 0 Å². The molecule has 2 aromatic carbocycles. The van der Waals surface area contributed by atoms with E-state index >= 15 is 0 Å². The molecular weight excluding hydrogens is 310 g/mol. The lowest BCUT2D eigenvalue weighted by Crippen LogP contribution is -2.29. The number of sulfonamides is 1. The molecule has 0 unspecified atom stereocenters. The Kier molecular flexibility index (Phi) is 5.44. The molecule has 0 aliphatic carbocycles. The Morgan fingerprint density at radius 3 is 2.22 bits per heavy atom. The molecule has 0 heterocycles. The molecule has 0 saturated carbocycles. The quantitative estimate of drug-likeness (QED) is 0.826. The highest BCUT2D eigenvalue weighted by atomic mass is 32.2. The molecule has 0 aliphatic rings. The maximum absolute atomic E-state index is 12.4. The van der Waals surface area contributed by atoms with Crippen LogP contribution in [0, 0.1) is 27.7 Å². The van der Waals surface area contributed by atoms with E-state index in [2.05, 4.69) is 4.72 Å². The van der Waals surface area contributed by atoms with E-state index in [4.69, 9.17) is 4.74 Å². The summed E-state index contributed by atoms with van der Waals surface area (Å²) in [7, 11) is -3.52. The summed E-state index contributed by atoms with van der Waals surface area (Å²) in [5.74, 6) is 0.788. The lowest BCUT2D eigenvalue weighted by molar-refractivity contribution is 0.320. The van der Waals surface area contributed by atoms with Crippen LogP contribution in [0.3, 0.4) is 0 Å². The first kappa shape index (κ1) is 17.5. The van der Waals surface area contributed by atoms with Gasteiger partial charge in [0, 0.05) is 6.54 Å². The average Bonchev–Trinajstić information content (AvgIpc) is 2.49. The zero-order valence-electron chi connectivity index (χ0n) is 14.0. The zero-order valence-corrected chi connectivity index (χ0v) is 14.8. The fourth-order valence-corrected chi connectivity index (χ4v) is 3.61. The van der Waals surface area contributed by atoms with Gasteiger partial charge in [-0.25, -0.2) is 13.1 Å². The first-order chi connectivity index (χ1) is 10.8. The highest BCUT2D eigenvalue weighted by Gasteiger charge is 2.16. The van der Waals surface area contributed by atoms with Gasteiger partial charge in [-0.1, -0.05) is 24.3 Å². The third kappa shape index (κ3) is 4.56. The van der Waals surface area contributed by atoms with Crippen molar-refractivity contribution in [2.45, 2.75) is 32.6 Å². The first-order valence-electron chi connectivity index (χ1n) is 7.56. The van der Waals surface area contributed by atoms with Gasteiger partial charge < -0.3 is 4.74 Å². The zero-order chi connectivity index (χ0) is 17.0. The van der Waals surface area contributed by atoms with Crippen molar-refractivity contribution in [1.29, 1.82) is 0 Å². The fourth-order valence-electron chi connectivity index (χ4n) is 2.27. The van der Waals surface area contributed by atoms with Gasteiger partial charge in [-0.2, -0.15) is 0 Å². The van der Waals surface area contributed by atoms with Crippen LogP contribution < -0.4 is 9.46 Å². The predicted octanol–water partition coefficient (Wildman–Crippen LogP) is 3.28. The Hall–Kier alpha value is -1.85. The van der Waals surface area contributed by atoms with Crippen LogP contribution >= 0.6 is 0 Å². The van der Waals surface area contributed by atoms with Crippen LogP contribution in [0.25, 0.3) is 0 Å². The van der Waals surface area contributed by atoms with Crippen LogP contribution in [0.2, 0.25) is 0 Å². The van der Waals surface area contributed by atoms with Crippen LogP contribution in [-0.2, 0) is 10.0 Å². The minimum atomic E-state index is -3.52. The Balaban J connectivity index is 1.98. The van der Waals surface area contributed by atoms with E-state index in [1.807, 2.05) is 51.1 Å². The van der Waals surface area contributed by atoms with Crippen molar-refractivity contribution in [3.8, 4) is 5.75 Å². The van der Waals surface area contributed by atoms with Gasteiger partial charge in [-0.15, -0.1) is 0 Å². The van der Waals surface area contributed by atoms with Crippen molar-refractivity contribution in [3.63, 3.8) is 0 Å². The molecule has 0 radical (unpaired) electrons. The van der Waals surface area contributed by atoms with Crippen LogP contribution in [0.1, 0.15) is 22.3 Å². The fraction of sp³-hybridized carbons (Fsp3) is 0.333. The Labute approximate surface area is 138 Å². The monoisotopic (exact) mass is 333 g/mol. The second-order valence-corrected chi connectivity index (χ2v) is 7.52. The number of nitrogens with one attached hydrogen (secondary N) is 1. The van der Waals surface area contributed by atoms with Gasteiger partial charge in [0.2, 0.25) is 10.0 Å². The summed E-state index contributed by atoms with van der Waals surface area (Å²) in [4.78, 5) is 0.323.